The summed E-state index contributed by atoms with van der Waals surface area (Å²) in [5, 5.41) is 10.9. The fourth-order valence-electron chi connectivity index (χ4n) is 3.59. The molecule has 3 aliphatic rings. The van der Waals surface area contributed by atoms with Crippen molar-refractivity contribution in [3.63, 3.8) is 0 Å². The van der Waals surface area contributed by atoms with Crippen LogP contribution in [0.5, 0.6) is 0 Å². The van der Waals surface area contributed by atoms with Gasteiger partial charge in [0.25, 0.3) is 0 Å². The lowest BCUT2D eigenvalue weighted by molar-refractivity contribution is 0.0937. The molecule has 0 aromatic rings. The summed E-state index contributed by atoms with van der Waals surface area (Å²) < 4.78 is 5.51. The topological polar surface area (TPSA) is 45.1 Å². The maximum Gasteiger partial charge on any atom is 0.122 e. The third-order valence-electron chi connectivity index (χ3n) is 4.89. The number of rotatable bonds is 3. The molecule has 2 heterocycles. The Morgan fingerprint density at radius 1 is 1.36 bits per heavy atom. The largest absolute Gasteiger partial charge is 0.497 e. The molecule has 2 atom stereocenters. The second-order valence-corrected chi connectivity index (χ2v) is 6.25. The summed E-state index contributed by atoms with van der Waals surface area (Å²) in [5.41, 5.74) is 1.95. The molecule has 1 N–H and O–H groups in total. The molecule has 0 bridgehead atoms. The number of fused-ring (bicyclic) bond motifs is 1. The second kappa shape index (κ2) is 6.58. The highest BCUT2D eigenvalue weighted by Crippen LogP contribution is 2.34. The van der Waals surface area contributed by atoms with Crippen LogP contribution in [0, 0.1) is 17.8 Å². The zero-order chi connectivity index (χ0) is 15.5. The van der Waals surface area contributed by atoms with E-state index in [0.717, 1.165) is 29.9 Å². The average molecular weight is 300 g/mol. The summed E-state index contributed by atoms with van der Waals surface area (Å²) in [6, 6.07) is -0.0839. The maximum atomic E-state index is 10.9. The number of hydrogen-bond acceptors (Lipinski definition) is 4. The first-order chi connectivity index (χ1) is 10.7. The minimum atomic E-state index is -0.479. The van der Waals surface area contributed by atoms with Gasteiger partial charge in [-0.05, 0) is 25.7 Å². The van der Waals surface area contributed by atoms with E-state index in [-0.39, 0.29) is 6.04 Å². The van der Waals surface area contributed by atoms with Gasteiger partial charge in [0.2, 0.25) is 0 Å². The molecule has 0 radical (unpaired) electrons. The van der Waals surface area contributed by atoms with E-state index in [2.05, 4.69) is 16.8 Å². The lowest BCUT2D eigenvalue weighted by Crippen LogP contribution is -2.42. The molecule has 1 unspecified atom stereocenters. The van der Waals surface area contributed by atoms with Crippen LogP contribution in [0.1, 0.15) is 39.0 Å². The van der Waals surface area contributed by atoms with Crippen molar-refractivity contribution in [2.24, 2.45) is 10.9 Å². The van der Waals surface area contributed by atoms with Crippen molar-refractivity contribution < 1.29 is 9.84 Å². The molecule has 2 aliphatic heterocycles. The Morgan fingerprint density at radius 2 is 2.14 bits per heavy atom. The van der Waals surface area contributed by atoms with Gasteiger partial charge in [-0.15, -0.1) is 0 Å². The van der Waals surface area contributed by atoms with Gasteiger partial charge in [-0.1, -0.05) is 31.1 Å². The van der Waals surface area contributed by atoms with Crippen LogP contribution in [0.15, 0.2) is 28.1 Å². The summed E-state index contributed by atoms with van der Waals surface area (Å²) in [5.74, 6) is 7.46. The number of aliphatic imine (C=N–C) groups is 1. The average Bonchev–Trinajstić information content (AvgIpc) is 2.82. The smallest absolute Gasteiger partial charge is 0.122 e. The summed E-state index contributed by atoms with van der Waals surface area (Å²) in [4.78, 5) is 6.36. The van der Waals surface area contributed by atoms with Crippen LogP contribution in [0.3, 0.4) is 0 Å². The van der Waals surface area contributed by atoms with E-state index in [9.17, 15) is 5.11 Å². The van der Waals surface area contributed by atoms with E-state index in [4.69, 9.17) is 4.74 Å². The number of aliphatic hydroxyl groups is 1. The molecule has 4 nitrogen and oxygen atoms in total. The minimum absolute atomic E-state index is 0.0839. The van der Waals surface area contributed by atoms with E-state index < -0.39 is 6.10 Å². The van der Waals surface area contributed by atoms with Crippen molar-refractivity contribution in [1.29, 1.82) is 0 Å². The zero-order valence-corrected chi connectivity index (χ0v) is 13.4. The molecule has 4 heteroatoms. The predicted molar refractivity (Wildman–Crippen MR) is 87.1 cm³/mol. The fourth-order valence-corrected chi connectivity index (χ4v) is 3.59. The summed E-state index contributed by atoms with van der Waals surface area (Å²) in [6.45, 7) is 2.54. The van der Waals surface area contributed by atoms with Crippen LogP contribution in [-0.4, -0.2) is 42.1 Å². The molecular formula is C18H24N2O2. The summed E-state index contributed by atoms with van der Waals surface area (Å²) in [6.07, 6.45) is 9.17. The van der Waals surface area contributed by atoms with E-state index in [1.54, 1.807) is 7.11 Å². The van der Waals surface area contributed by atoms with E-state index in [1.807, 2.05) is 24.2 Å². The Kier molecular flexibility index (Phi) is 4.54. The van der Waals surface area contributed by atoms with Gasteiger partial charge in [0.15, 0.2) is 0 Å². The molecule has 0 saturated heterocycles. The zero-order valence-electron chi connectivity index (χ0n) is 13.4. The Bertz CT molecular complexity index is 574. The monoisotopic (exact) mass is 300 g/mol. The van der Waals surface area contributed by atoms with Crippen LogP contribution in [0.25, 0.3) is 0 Å². The van der Waals surface area contributed by atoms with Gasteiger partial charge in [0, 0.05) is 11.6 Å². The molecule has 0 amide bonds. The third-order valence-corrected chi connectivity index (χ3v) is 4.89. The van der Waals surface area contributed by atoms with Gasteiger partial charge in [-0.25, -0.2) is 0 Å². The standard InChI is InChI=1S/C18H24N2O2/c1-13-15-9-6-10-19-12-20(15)16(11-17(13)22-2)18(21)14-7-4-3-5-8-14/h11-12,14-15,18,21H,3-5,7-8,10H2,1-2H3/t15-,18?/m0/s1. The van der Waals surface area contributed by atoms with Gasteiger partial charge < -0.3 is 14.7 Å². The first kappa shape index (κ1) is 15.2. The Balaban J connectivity index is 1.95. The Morgan fingerprint density at radius 3 is 2.86 bits per heavy atom. The first-order valence-corrected chi connectivity index (χ1v) is 8.13. The van der Waals surface area contributed by atoms with E-state index in [0.29, 0.717) is 12.5 Å². The second-order valence-electron chi connectivity index (χ2n) is 6.25. The summed E-state index contributed by atoms with van der Waals surface area (Å²) >= 11 is 0. The number of methoxy groups -OCH3 is 1. The minimum Gasteiger partial charge on any atom is -0.497 e. The first-order valence-electron chi connectivity index (χ1n) is 8.13. The van der Waals surface area contributed by atoms with Crippen molar-refractivity contribution in [2.75, 3.05) is 13.7 Å². The number of allylic oxidation sites excluding steroid dienone is 1. The van der Waals surface area contributed by atoms with Crippen LogP contribution in [0.2, 0.25) is 0 Å². The molecule has 0 aromatic heterocycles. The van der Waals surface area contributed by atoms with E-state index in [1.165, 1.54) is 19.3 Å². The van der Waals surface area contributed by atoms with Crippen LogP contribution in [-0.2, 0) is 4.74 Å². The van der Waals surface area contributed by atoms with Crippen LogP contribution >= 0.6 is 0 Å². The van der Waals surface area contributed by atoms with Crippen molar-refractivity contribution in [3.05, 3.63) is 23.1 Å². The Labute approximate surface area is 132 Å². The number of aliphatic hydroxyl groups excluding tert-OH is 1. The quantitative estimate of drug-likeness (QED) is 0.814. The molecule has 3 rings (SSSR count). The van der Waals surface area contributed by atoms with Crippen molar-refractivity contribution in [1.82, 2.24) is 4.90 Å². The number of hydrogen-bond donors (Lipinski definition) is 1. The van der Waals surface area contributed by atoms with Gasteiger partial charge >= 0.3 is 0 Å². The lowest BCUT2D eigenvalue weighted by atomic mass is 9.83. The molecule has 1 fully saturated rings. The molecule has 118 valence electrons. The lowest BCUT2D eigenvalue weighted by Gasteiger charge is -2.38. The van der Waals surface area contributed by atoms with Crippen LogP contribution in [0.4, 0.5) is 0 Å². The predicted octanol–water partition coefficient (Wildman–Crippen LogP) is 2.46. The van der Waals surface area contributed by atoms with Gasteiger partial charge in [-0.3, -0.25) is 4.99 Å². The molecule has 0 aromatic carbocycles. The number of ether oxygens (including phenoxy) is 1. The van der Waals surface area contributed by atoms with Crippen molar-refractivity contribution >= 4 is 6.34 Å². The molecular weight excluding hydrogens is 276 g/mol. The van der Waals surface area contributed by atoms with E-state index >= 15 is 0 Å². The molecule has 1 aliphatic carbocycles. The highest BCUT2D eigenvalue weighted by atomic mass is 16.5. The molecule has 0 spiro atoms. The maximum absolute atomic E-state index is 10.9. The van der Waals surface area contributed by atoms with Gasteiger partial charge in [0.1, 0.15) is 18.3 Å². The third kappa shape index (κ3) is 2.78. The normalized spacial score (nSPS) is 26.6. The highest BCUT2D eigenvalue weighted by Gasteiger charge is 2.34. The molecule has 22 heavy (non-hydrogen) atoms. The van der Waals surface area contributed by atoms with Gasteiger partial charge in [0.05, 0.1) is 25.2 Å². The van der Waals surface area contributed by atoms with Crippen LogP contribution < -0.4 is 0 Å². The van der Waals surface area contributed by atoms with Crippen molar-refractivity contribution in [2.45, 2.75) is 51.2 Å². The van der Waals surface area contributed by atoms with Crippen molar-refractivity contribution in [3.8, 4) is 11.8 Å². The fraction of sp³-hybridized carbons (Fsp3) is 0.611. The van der Waals surface area contributed by atoms with Gasteiger partial charge in [-0.2, -0.15) is 0 Å². The molecule has 1 saturated carbocycles. The number of nitrogens with zero attached hydrogens (tertiary/aromatic N) is 2. The Hall–Kier alpha value is -1.73. The summed E-state index contributed by atoms with van der Waals surface area (Å²) in [7, 11) is 1.67. The SMILES string of the molecule is COC1=C(C)[C@@H]2C#CCN=CN2C(C(O)C2CCCCC2)=C1. The highest BCUT2D eigenvalue weighted by molar-refractivity contribution is 5.64.